The van der Waals surface area contributed by atoms with Crippen LogP contribution < -0.4 is 10.6 Å². The van der Waals surface area contributed by atoms with Gasteiger partial charge in [0.25, 0.3) is 11.8 Å². The number of hydrogen-bond donors (Lipinski definition) is 2. The number of fused-ring (bicyclic) bond motifs is 2. The summed E-state index contributed by atoms with van der Waals surface area (Å²) in [6, 6.07) is 14.7. The zero-order valence-corrected chi connectivity index (χ0v) is 16.2. The van der Waals surface area contributed by atoms with Gasteiger partial charge in [-0.2, -0.15) is 0 Å². The van der Waals surface area contributed by atoms with Gasteiger partial charge in [-0.1, -0.05) is 31.2 Å². The van der Waals surface area contributed by atoms with Crippen LogP contribution in [0, 0.1) is 0 Å². The lowest BCUT2D eigenvalue weighted by Crippen LogP contribution is -2.33. The molecule has 4 aromatic rings. The number of nitrogens with zero attached hydrogens (tertiary/aromatic N) is 3. The molecule has 0 aliphatic heterocycles. The zero-order valence-electron chi connectivity index (χ0n) is 16.2. The molecule has 1 unspecified atom stereocenters. The minimum absolute atomic E-state index is 0.0117. The highest BCUT2D eigenvalue weighted by Gasteiger charge is 2.22. The van der Waals surface area contributed by atoms with Crippen molar-refractivity contribution < 1.29 is 9.59 Å². The third kappa shape index (κ3) is 3.54. The first-order chi connectivity index (χ1) is 14.1. The van der Waals surface area contributed by atoms with Gasteiger partial charge in [-0.3, -0.25) is 19.0 Å². The Hall–Kier alpha value is -3.74. The van der Waals surface area contributed by atoms with Crippen molar-refractivity contribution in [3.8, 4) is 0 Å². The number of carbonyl (C=O) groups is 2. The number of anilines is 1. The van der Waals surface area contributed by atoms with E-state index in [0.29, 0.717) is 16.7 Å². The number of benzene rings is 1. The van der Waals surface area contributed by atoms with Crippen molar-refractivity contribution in [2.75, 3.05) is 5.32 Å². The van der Waals surface area contributed by atoms with E-state index in [2.05, 4.69) is 20.6 Å². The SMILES string of the molecule is CCC(C)NC(=O)c1nc(C(=O)Nc2cccc3cccnc23)c2ccccn12. The van der Waals surface area contributed by atoms with Gasteiger partial charge in [0.1, 0.15) is 0 Å². The molecule has 0 aliphatic rings. The molecule has 0 spiro atoms. The van der Waals surface area contributed by atoms with Crippen molar-refractivity contribution in [3.05, 3.63) is 72.4 Å². The Balaban J connectivity index is 1.72. The Labute approximate surface area is 167 Å². The van der Waals surface area contributed by atoms with E-state index in [4.69, 9.17) is 0 Å². The second kappa shape index (κ2) is 7.71. The molecule has 3 heterocycles. The van der Waals surface area contributed by atoms with E-state index in [1.807, 2.05) is 44.2 Å². The van der Waals surface area contributed by atoms with Crippen LogP contribution >= 0.6 is 0 Å². The Morgan fingerprint density at radius 2 is 1.90 bits per heavy atom. The number of amides is 2. The Morgan fingerprint density at radius 1 is 1.07 bits per heavy atom. The number of para-hydroxylation sites is 1. The van der Waals surface area contributed by atoms with Crippen molar-refractivity contribution in [1.82, 2.24) is 19.7 Å². The average molecular weight is 387 g/mol. The second-order valence-electron chi connectivity index (χ2n) is 6.86. The van der Waals surface area contributed by atoms with E-state index in [0.717, 1.165) is 11.8 Å². The van der Waals surface area contributed by atoms with Gasteiger partial charge in [-0.05, 0) is 37.6 Å². The van der Waals surface area contributed by atoms with E-state index in [1.165, 1.54) is 0 Å². The van der Waals surface area contributed by atoms with Gasteiger partial charge >= 0.3 is 0 Å². The van der Waals surface area contributed by atoms with Crippen molar-refractivity contribution in [3.63, 3.8) is 0 Å². The monoisotopic (exact) mass is 387 g/mol. The summed E-state index contributed by atoms with van der Waals surface area (Å²) in [7, 11) is 0. The van der Waals surface area contributed by atoms with E-state index in [1.54, 1.807) is 35.0 Å². The van der Waals surface area contributed by atoms with Crippen LogP contribution in [0.5, 0.6) is 0 Å². The Kier molecular flexibility index (Phi) is 4.95. The summed E-state index contributed by atoms with van der Waals surface area (Å²) in [5.41, 5.74) is 2.04. The van der Waals surface area contributed by atoms with Gasteiger partial charge in [0.15, 0.2) is 5.69 Å². The van der Waals surface area contributed by atoms with Crippen LogP contribution in [-0.4, -0.2) is 32.2 Å². The molecule has 0 fully saturated rings. The molecule has 0 bridgehead atoms. The molecule has 29 heavy (non-hydrogen) atoms. The number of nitrogens with one attached hydrogen (secondary N) is 2. The number of aromatic nitrogens is 3. The van der Waals surface area contributed by atoms with Gasteiger partial charge in [-0.25, -0.2) is 4.98 Å². The van der Waals surface area contributed by atoms with Crippen LogP contribution in [0.1, 0.15) is 41.4 Å². The van der Waals surface area contributed by atoms with E-state index >= 15 is 0 Å². The Morgan fingerprint density at radius 3 is 2.72 bits per heavy atom. The molecule has 4 rings (SSSR count). The zero-order chi connectivity index (χ0) is 20.4. The van der Waals surface area contributed by atoms with Crippen LogP contribution in [0.3, 0.4) is 0 Å². The molecule has 2 N–H and O–H groups in total. The maximum Gasteiger partial charge on any atom is 0.287 e. The molecule has 3 aromatic heterocycles. The quantitative estimate of drug-likeness (QED) is 0.547. The van der Waals surface area contributed by atoms with Crippen LogP contribution in [0.15, 0.2) is 60.9 Å². The highest BCUT2D eigenvalue weighted by Crippen LogP contribution is 2.22. The average Bonchev–Trinajstić information content (AvgIpc) is 3.14. The molecule has 7 heteroatoms. The molecule has 0 aliphatic carbocycles. The van der Waals surface area contributed by atoms with Gasteiger partial charge in [-0.15, -0.1) is 0 Å². The second-order valence-corrected chi connectivity index (χ2v) is 6.86. The first-order valence-electron chi connectivity index (χ1n) is 9.51. The molecule has 0 radical (unpaired) electrons. The van der Waals surface area contributed by atoms with E-state index in [9.17, 15) is 9.59 Å². The number of rotatable bonds is 5. The molecular weight excluding hydrogens is 366 g/mol. The van der Waals surface area contributed by atoms with Crippen molar-refractivity contribution >= 4 is 33.9 Å². The van der Waals surface area contributed by atoms with Gasteiger partial charge in [0, 0.05) is 23.8 Å². The normalized spacial score (nSPS) is 12.1. The third-order valence-electron chi connectivity index (χ3n) is 4.84. The molecule has 7 nitrogen and oxygen atoms in total. The molecule has 0 saturated heterocycles. The van der Waals surface area contributed by atoms with Crippen LogP contribution in [0.25, 0.3) is 16.4 Å². The summed E-state index contributed by atoms with van der Waals surface area (Å²) >= 11 is 0. The molecule has 146 valence electrons. The number of hydrogen-bond acceptors (Lipinski definition) is 4. The molecule has 2 amide bonds. The maximum atomic E-state index is 13.0. The van der Waals surface area contributed by atoms with Crippen molar-refractivity contribution in [1.29, 1.82) is 0 Å². The van der Waals surface area contributed by atoms with Crippen molar-refractivity contribution in [2.45, 2.75) is 26.3 Å². The fourth-order valence-corrected chi connectivity index (χ4v) is 3.14. The molecule has 1 aromatic carbocycles. The topological polar surface area (TPSA) is 88.4 Å². The van der Waals surface area contributed by atoms with Crippen molar-refractivity contribution in [2.24, 2.45) is 0 Å². The highest BCUT2D eigenvalue weighted by atomic mass is 16.2. The largest absolute Gasteiger partial charge is 0.347 e. The first-order valence-corrected chi connectivity index (χ1v) is 9.51. The fourth-order valence-electron chi connectivity index (χ4n) is 3.14. The summed E-state index contributed by atoms with van der Waals surface area (Å²) in [6.07, 6.45) is 4.21. The summed E-state index contributed by atoms with van der Waals surface area (Å²) in [5.74, 6) is -0.525. The fraction of sp³-hybridized carbons (Fsp3) is 0.182. The summed E-state index contributed by atoms with van der Waals surface area (Å²) < 4.78 is 1.63. The lowest BCUT2D eigenvalue weighted by Gasteiger charge is -2.10. The standard InChI is InChI=1S/C22H21N5O2/c1-3-14(2)24-22(29)20-26-19(17-11-4-5-13-27(17)20)21(28)25-16-10-6-8-15-9-7-12-23-18(15)16/h4-14H,3H2,1-2H3,(H,24,29)(H,25,28). The Bertz CT molecular complexity index is 1210. The van der Waals surface area contributed by atoms with E-state index in [-0.39, 0.29) is 23.5 Å². The van der Waals surface area contributed by atoms with Gasteiger partial charge in [0.05, 0.1) is 16.7 Å². The third-order valence-corrected chi connectivity index (χ3v) is 4.84. The minimum Gasteiger partial charge on any atom is -0.347 e. The minimum atomic E-state index is -0.394. The lowest BCUT2D eigenvalue weighted by molar-refractivity contribution is 0.0928. The van der Waals surface area contributed by atoms with Crippen LogP contribution in [0.4, 0.5) is 5.69 Å². The predicted molar refractivity (Wildman–Crippen MR) is 112 cm³/mol. The number of imidazole rings is 1. The number of pyridine rings is 2. The predicted octanol–water partition coefficient (Wildman–Crippen LogP) is 3.66. The summed E-state index contributed by atoms with van der Waals surface area (Å²) in [5, 5.41) is 6.71. The van der Waals surface area contributed by atoms with E-state index < -0.39 is 5.91 Å². The van der Waals surface area contributed by atoms with Crippen LogP contribution in [0.2, 0.25) is 0 Å². The summed E-state index contributed by atoms with van der Waals surface area (Å²) in [6.45, 7) is 3.92. The highest BCUT2D eigenvalue weighted by molar-refractivity contribution is 6.11. The lowest BCUT2D eigenvalue weighted by atomic mass is 10.2. The molecular formula is C22H21N5O2. The van der Waals surface area contributed by atoms with Gasteiger partial charge < -0.3 is 10.6 Å². The van der Waals surface area contributed by atoms with Crippen LogP contribution in [-0.2, 0) is 0 Å². The maximum absolute atomic E-state index is 13.0. The van der Waals surface area contributed by atoms with Gasteiger partial charge in [0.2, 0.25) is 5.82 Å². The molecule has 1 atom stereocenters. The summed E-state index contributed by atoms with van der Waals surface area (Å²) in [4.78, 5) is 34.4. The smallest absolute Gasteiger partial charge is 0.287 e. The first kappa shape index (κ1) is 18.6. The molecule has 0 saturated carbocycles. The number of carbonyl (C=O) groups excluding carboxylic acids is 2.